The summed E-state index contributed by atoms with van der Waals surface area (Å²) in [7, 11) is 0. The minimum Gasteiger partial charge on any atom is -0.481 e. The van der Waals surface area contributed by atoms with Crippen LogP contribution in [0.5, 0.6) is 0 Å². The Morgan fingerprint density at radius 3 is 2.42 bits per heavy atom. The highest BCUT2D eigenvalue weighted by Crippen LogP contribution is 2.32. The van der Waals surface area contributed by atoms with E-state index in [4.69, 9.17) is 4.98 Å². The zero-order valence-electron chi connectivity index (χ0n) is 15.9. The molecule has 1 N–H and O–H groups in total. The second-order valence-electron chi connectivity index (χ2n) is 7.08. The minimum absolute atomic E-state index is 0.0515. The number of aromatic nitrogens is 2. The average Bonchev–Trinajstić information content (AvgIpc) is 2.97. The van der Waals surface area contributed by atoms with Gasteiger partial charge in [-0.15, -0.1) is 0 Å². The summed E-state index contributed by atoms with van der Waals surface area (Å²) in [6.07, 6.45) is 1.34. The Bertz CT molecular complexity index is 928. The van der Waals surface area contributed by atoms with Crippen molar-refractivity contribution in [2.24, 2.45) is 5.92 Å². The van der Waals surface area contributed by atoms with Crippen molar-refractivity contribution in [1.82, 2.24) is 9.55 Å². The standard InChI is InChI=1S/C22H26N2O2/c1-5-21-23-18-11-14(2)15(3)12-20(18)24(21)19(13-16(4)22(25)26)17-9-7-6-8-10-17/h6-12,16,19H,5,13H2,1-4H3,(H,25,26). The Morgan fingerprint density at radius 1 is 1.15 bits per heavy atom. The number of carboxylic acids is 1. The molecule has 0 saturated heterocycles. The molecule has 2 aromatic carbocycles. The molecule has 0 amide bonds. The number of benzene rings is 2. The van der Waals surface area contributed by atoms with Gasteiger partial charge in [0.15, 0.2) is 0 Å². The SMILES string of the molecule is CCc1nc2cc(C)c(C)cc2n1C(CC(C)C(=O)O)c1ccccc1. The number of rotatable bonds is 6. The number of imidazole rings is 1. The average molecular weight is 350 g/mol. The van der Waals surface area contributed by atoms with Crippen molar-refractivity contribution in [2.45, 2.75) is 46.6 Å². The maximum absolute atomic E-state index is 11.5. The smallest absolute Gasteiger partial charge is 0.306 e. The first kappa shape index (κ1) is 18.2. The van der Waals surface area contributed by atoms with Crippen LogP contribution < -0.4 is 0 Å². The zero-order valence-corrected chi connectivity index (χ0v) is 15.9. The van der Waals surface area contributed by atoms with Crippen LogP contribution in [0.25, 0.3) is 11.0 Å². The van der Waals surface area contributed by atoms with Crippen LogP contribution in [-0.4, -0.2) is 20.6 Å². The quantitative estimate of drug-likeness (QED) is 0.687. The van der Waals surface area contributed by atoms with E-state index in [-0.39, 0.29) is 6.04 Å². The molecule has 0 bridgehead atoms. The van der Waals surface area contributed by atoms with Crippen molar-refractivity contribution < 1.29 is 9.90 Å². The predicted octanol–water partition coefficient (Wildman–Crippen LogP) is 4.92. The highest BCUT2D eigenvalue weighted by Gasteiger charge is 2.25. The zero-order chi connectivity index (χ0) is 18.8. The third-order valence-corrected chi connectivity index (χ3v) is 5.19. The summed E-state index contributed by atoms with van der Waals surface area (Å²) in [5, 5.41) is 9.47. The third-order valence-electron chi connectivity index (χ3n) is 5.19. The molecule has 2 unspecified atom stereocenters. The molecule has 1 aromatic heterocycles. The minimum atomic E-state index is -0.763. The van der Waals surface area contributed by atoms with Crippen LogP contribution in [0.3, 0.4) is 0 Å². The van der Waals surface area contributed by atoms with Crippen molar-refractivity contribution in [3.63, 3.8) is 0 Å². The second-order valence-corrected chi connectivity index (χ2v) is 7.08. The van der Waals surface area contributed by atoms with Gasteiger partial charge in [-0.25, -0.2) is 4.98 Å². The summed E-state index contributed by atoms with van der Waals surface area (Å²) < 4.78 is 2.25. The summed E-state index contributed by atoms with van der Waals surface area (Å²) in [6, 6.07) is 14.4. The molecule has 0 radical (unpaired) electrons. The molecule has 3 aromatic rings. The number of hydrogen-bond donors (Lipinski definition) is 1. The van der Waals surface area contributed by atoms with Crippen LogP contribution in [0.4, 0.5) is 0 Å². The predicted molar refractivity (Wildman–Crippen MR) is 105 cm³/mol. The van der Waals surface area contributed by atoms with E-state index in [9.17, 15) is 9.90 Å². The number of aliphatic carboxylic acids is 1. The van der Waals surface area contributed by atoms with Crippen LogP contribution in [-0.2, 0) is 11.2 Å². The first-order valence-corrected chi connectivity index (χ1v) is 9.18. The van der Waals surface area contributed by atoms with Gasteiger partial charge in [0.25, 0.3) is 0 Å². The molecule has 0 aliphatic rings. The van der Waals surface area contributed by atoms with Gasteiger partial charge < -0.3 is 9.67 Å². The molecule has 4 heteroatoms. The van der Waals surface area contributed by atoms with Gasteiger partial charge in [-0.2, -0.15) is 0 Å². The summed E-state index contributed by atoms with van der Waals surface area (Å²) in [6.45, 7) is 8.08. The number of nitrogens with zero attached hydrogens (tertiary/aromatic N) is 2. The highest BCUT2D eigenvalue weighted by molar-refractivity contribution is 5.78. The van der Waals surface area contributed by atoms with Crippen LogP contribution in [0, 0.1) is 19.8 Å². The number of aryl methyl sites for hydroxylation is 3. The van der Waals surface area contributed by atoms with Crippen LogP contribution >= 0.6 is 0 Å². The van der Waals surface area contributed by atoms with Gasteiger partial charge in [0, 0.05) is 6.42 Å². The maximum Gasteiger partial charge on any atom is 0.306 e. The molecule has 0 saturated carbocycles. The highest BCUT2D eigenvalue weighted by atomic mass is 16.4. The molecule has 0 aliphatic carbocycles. The first-order chi connectivity index (χ1) is 12.4. The molecule has 2 atom stereocenters. The molecular weight excluding hydrogens is 324 g/mol. The van der Waals surface area contributed by atoms with Gasteiger partial charge in [0.2, 0.25) is 0 Å². The topological polar surface area (TPSA) is 55.1 Å². The summed E-state index contributed by atoms with van der Waals surface area (Å²) in [5.74, 6) is -0.203. The fourth-order valence-electron chi connectivity index (χ4n) is 3.50. The van der Waals surface area contributed by atoms with Gasteiger partial charge in [-0.05, 0) is 49.1 Å². The van der Waals surface area contributed by atoms with Gasteiger partial charge >= 0.3 is 5.97 Å². The molecule has 4 nitrogen and oxygen atoms in total. The van der Waals surface area contributed by atoms with Crippen molar-refractivity contribution in [1.29, 1.82) is 0 Å². The van der Waals surface area contributed by atoms with E-state index in [1.54, 1.807) is 6.92 Å². The van der Waals surface area contributed by atoms with Crippen molar-refractivity contribution >= 4 is 17.0 Å². The van der Waals surface area contributed by atoms with Crippen LogP contribution in [0.2, 0.25) is 0 Å². The third kappa shape index (κ3) is 3.36. The number of carbonyl (C=O) groups is 1. The number of carboxylic acid groups (broad SMARTS) is 1. The summed E-state index contributed by atoms with van der Waals surface area (Å²) in [4.78, 5) is 16.4. The number of fused-ring (bicyclic) bond motifs is 1. The second kappa shape index (κ2) is 7.32. The Balaban J connectivity index is 2.22. The molecule has 1 heterocycles. The molecule has 0 aliphatic heterocycles. The number of hydrogen-bond acceptors (Lipinski definition) is 2. The summed E-state index contributed by atoms with van der Waals surface area (Å²) >= 11 is 0. The Hall–Kier alpha value is -2.62. The van der Waals surface area contributed by atoms with Crippen molar-refractivity contribution in [3.05, 3.63) is 65.0 Å². The molecule has 3 rings (SSSR count). The Labute approximate surface area is 154 Å². The summed E-state index contributed by atoms with van der Waals surface area (Å²) in [5.41, 5.74) is 5.62. The molecule has 0 spiro atoms. The fourth-order valence-corrected chi connectivity index (χ4v) is 3.50. The van der Waals surface area contributed by atoms with Gasteiger partial charge in [0.1, 0.15) is 5.82 Å². The lowest BCUT2D eigenvalue weighted by atomic mass is 9.95. The maximum atomic E-state index is 11.5. The molecular formula is C22H26N2O2. The molecule has 136 valence electrons. The monoisotopic (exact) mass is 350 g/mol. The normalized spacial score (nSPS) is 13.7. The fraction of sp³-hybridized carbons (Fsp3) is 0.364. The van der Waals surface area contributed by atoms with E-state index in [0.29, 0.717) is 6.42 Å². The lowest BCUT2D eigenvalue weighted by molar-refractivity contribution is -0.141. The van der Waals surface area contributed by atoms with E-state index in [1.807, 2.05) is 18.2 Å². The van der Waals surface area contributed by atoms with Gasteiger partial charge in [-0.3, -0.25) is 4.79 Å². The lowest BCUT2D eigenvalue weighted by Gasteiger charge is -2.24. The van der Waals surface area contributed by atoms with Crippen molar-refractivity contribution in [3.8, 4) is 0 Å². The first-order valence-electron chi connectivity index (χ1n) is 9.18. The van der Waals surface area contributed by atoms with E-state index in [2.05, 4.69) is 49.6 Å². The molecule has 26 heavy (non-hydrogen) atoms. The van der Waals surface area contributed by atoms with Gasteiger partial charge in [-0.1, -0.05) is 44.2 Å². The Kier molecular flexibility index (Phi) is 5.12. The van der Waals surface area contributed by atoms with E-state index in [0.717, 1.165) is 28.8 Å². The largest absolute Gasteiger partial charge is 0.481 e. The molecule has 0 fully saturated rings. The van der Waals surface area contributed by atoms with Crippen LogP contribution in [0.15, 0.2) is 42.5 Å². The van der Waals surface area contributed by atoms with Crippen LogP contribution in [0.1, 0.15) is 48.8 Å². The van der Waals surface area contributed by atoms with E-state index >= 15 is 0 Å². The van der Waals surface area contributed by atoms with E-state index in [1.165, 1.54) is 11.1 Å². The lowest BCUT2D eigenvalue weighted by Crippen LogP contribution is -2.20. The van der Waals surface area contributed by atoms with Gasteiger partial charge in [0.05, 0.1) is 23.0 Å². The van der Waals surface area contributed by atoms with E-state index < -0.39 is 11.9 Å². The Morgan fingerprint density at radius 2 is 1.81 bits per heavy atom. The van der Waals surface area contributed by atoms with Crippen molar-refractivity contribution in [2.75, 3.05) is 0 Å².